The van der Waals surface area contributed by atoms with Crippen molar-refractivity contribution in [2.24, 2.45) is 5.92 Å². The van der Waals surface area contributed by atoms with E-state index in [0.717, 1.165) is 12.1 Å². The van der Waals surface area contributed by atoms with Gasteiger partial charge in [0.05, 0.1) is 5.60 Å². The van der Waals surface area contributed by atoms with Crippen molar-refractivity contribution in [1.82, 2.24) is 4.98 Å². The molecule has 2 nitrogen and oxygen atoms in total. The summed E-state index contributed by atoms with van der Waals surface area (Å²) in [5, 5.41) is 10.2. The number of nitrogens with zero attached hydrogens (tertiary/aromatic N) is 1. The molecule has 0 aromatic carbocycles. The molecule has 2 heteroatoms. The first-order valence-electron chi connectivity index (χ1n) is 5.78. The van der Waals surface area contributed by atoms with E-state index in [0.29, 0.717) is 12.3 Å². The van der Waals surface area contributed by atoms with Gasteiger partial charge in [0.1, 0.15) is 0 Å². The van der Waals surface area contributed by atoms with E-state index < -0.39 is 5.60 Å². The Labute approximate surface area is 91.4 Å². The second-order valence-electron chi connectivity index (χ2n) is 4.82. The van der Waals surface area contributed by atoms with Crippen molar-refractivity contribution in [2.75, 3.05) is 0 Å². The molecule has 0 aliphatic heterocycles. The molecule has 15 heavy (non-hydrogen) atoms. The molecule has 1 N–H and O–H groups in total. The van der Waals surface area contributed by atoms with Gasteiger partial charge in [-0.15, -0.1) is 0 Å². The van der Waals surface area contributed by atoms with Gasteiger partial charge in [0.25, 0.3) is 0 Å². The molecule has 0 spiro atoms. The predicted octanol–water partition coefficient (Wildman–Crippen LogP) is 2.35. The highest BCUT2D eigenvalue weighted by Crippen LogP contribution is 2.40. The summed E-state index contributed by atoms with van der Waals surface area (Å²) in [4.78, 5) is 4.38. The van der Waals surface area contributed by atoms with Crippen molar-refractivity contribution >= 4 is 0 Å². The van der Waals surface area contributed by atoms with Crippen LogP contribution in [0.5, 0.6) is 0 Å². The Hall–Kier alpha value is -0.890. The molecule has 2 rings (SSSR count). The maximum absolute atomic E-state index is 10.2. The van der Waals surface area contributed by atoms with Crippen molar-refractivity contribution in [3.05, 3.63) is 29.6 Å². The first kappa shape index (κ1) is 10.6. The summed E-state index contributed by atoms with van der Waals surface area (Å²) in [6, 6.07) is 4.14. The molecule has 1 aromatic heterocycles. The van der Waals surface area contributed by atoms with Crippen molar-refractivity contribution in [2.45, 2.75) is 45.1 Å². The van der Waals surface area contributed by atoms with Gasteiger partial charge in [-0.25, -0.2) is 0 Å². The highest BCUT2D eigenvalue weighted by Gasteiger charge is 2.39. The number of aryl methyl sites for hydroxylation is 1. The Morgan fingerprint density at radius 2 is 2.20 bits per heavy atom. The lowest BCUT2D eigenvalue weighted by molar-refractivity contribution is 0.0362. The Bertz CT molecular complexity index is 325. The quantitative estimate of drug-likeness (QED) is 0.818. The zero-order valence-electron chi connectivity index (χ0n) is 9.53. The Morgan fingerprint density at radius 1 is 1.47 bits per heavy atom. The lowest BCUT2D eigenvalue weighted by atomic mass is 9.94. The van der Waals surface area contributed by atoms with E-state index in [9.17, 15) is 5.11 Å². The van der Waals surface area contributed by atoms with E-state index >= 15 is 0 Å². The maximum Gasteiger partial charge on any atom is 0.0703 e. The third-order valence-corrected chi connectivity index (χ3v) is 3.29. The normalized spacial score (nSPS) is 19.9. The summed E-state index contributed by atoms with van der Waals surface area (Å²) in [7, 11) is 0. The maximum atomic E-state index is 10.2. The second kappa shape index (κ2) is 3.93. The third-order valence-electron chi connectivity index (χ3n) is 3.29. The molecule has 1 aliphatic carbocycles. The van der Waals surface area contributed by atoms with Crippen LogP contribution in [0, 0.1) is 5.92 Å². The van der Waals surface area contributed by atoms with Gasteiger partial charge in [-0.05, 0) is 43.7 Å². The smallest absolute Gasteiger partial charge is 0.0703 e. The molecular weight excluding hydrogens is 186 g/mol. The third kappa shape index (κ3) is 2.57. The number of pyridine rings is 1. The summed E-state index contributed by atoms with van der Waals surface area (Å²) < 4.78 is 0. The molecule has 1 heterocycles. The van der Waals surface area contributed by atoms with Gasteiger partial charge in [-0.1, -0.05) is 13.0 Å². The van der Waals surface area contributed by atoms with Crippen LogP contribution in [0.25, 0.3) is 0 Å². The van der Waals surface area contributed by atoms with Crippen molar-refractivity contribution in [3.8, 4) is 0 Å². The molecular formula is C13H19NO. The van der Waals surface area contributed by atoms with Crippen LogP contribution in [-0.2, 0) is 12.8 Å². The molecule has 82 valence electrons. The van der Waals surface area contributed by atoms with Crippen LogP contribution >= 0.6 is 0 Å². The molecule has 1 aromatic rings. The Balaban J connectivity index is 2.03. The highest BCUT2D eigenvalue weighted by atomic mass is 16.3. The average molecular weight is 205 g/mol. The van der Waals surface area contributed by atoms with Gasteiger partial charge in [0, 0.05) is 18.3 Å². The fraction of sp³-hybridized carbons (Fsp3) is 0.615. The van der Waals surface area contributed by atoms with Crippen LogP contribution in [0.3, 0.4) is 0 Å². The molecule has 0 radical (unpaired) electrons. The minimum Gasteiger partial charge on any atom is -0.389 e. The molecule has 0 saturated heterocycles. The lowest BCUT2D eigenvalue weighted by Gasteiger charge is -2.22. The molecule has 0 amide bonds. The van der Waals surface area contributed by atoms with Crippen molar-refractivity contribution < 1.29 is 5.11 Å². The van der Waals surface area contributed by atoms with Crippen molar-refractivity contribution in [3.63, 3.8) is 0 Å². The van der Waals surface area contributed by atoms with E-state index in [1.54, 1.807) is 0 Å². The summed E-state index contributed by atoms with van der Waals surface area (Å²) in [5.74, 6) is 0.491. The van der Waals surface area contributed by atoms with E-state index in [1.807, 2.05) is 19.2 Å². The molecule has 1 saturated carbocycles. The fourth-order valence-corrected chi connectivity index (χ4v) is 1.99. The van der Waals surface area contributed by atoms with Crippen LogP contribution in [-0.4, -0.2) is 15.7 Å². The minimum atomic E-state index is -0.555. The molecule has 0 bridgehead atoms. The second-order valence-corrected chi connectivity index (χ2v) is 4.82. The molecule has 1 aliphatic rings. The van der Waals surface area contributed by atoms with Crippen LogP contribution in [0.2, 0.25) is 0 Å². The zero-order valence-corrected chi connectivity index (χ0v) is 9.53. The predicted molar refractivity (Wildman–Crippen MR) is 60.7 cm³/mol. The standard InChI is InChI=1S/C13H19NO/c1-3-10-4-7-12(14-9-10)8-13(2,15)11-5-6-11/h4,7,9,11,15H,3,5-6,8H2,1-2H3. The molecule has 1 atom stereocenters. The fourth-order valence-electron chi connectivity index (χ4n) is 1.99. The van der Waals surface area contributed by atoms with E-state index in [2.05, 4.69) is 18.0 Å². The number of hydrogen-bond donors (Lipinski definition) is 1. The zero-order chi connectivity index (χ0) is 10.9. The van der Waals surface area contributed by atoms with Gasteiger partial charge in [-0.3, -0.25) is 4.98 Å². The first-order chi connectivity index (χ1) is 7.12. The summed E-state index contributed by atoms with van der Waals surface area (Å²) in [5.41, 5.74) is 1.70. The number of aliphatic hydroxyl groups is 1. The van der Waals surface area contributed by atoms with Crippen LogP contribution < -0.4 is 0 Å². The van der Waals surface area contributed by atoms with E-state index in [1.165, 1.54) is 18.4 Å². The Kier molecular flexibility index (Phi) is 2.79. The van der Waals surface area contributed by atoms with Gasteiger partial charge < -0.3 is 5.11 Å². The van der Waals surface area contributed by atoms with Crippen LogP contribution in [0.4, 0.5) is 0 Å². The molecule has 1 fully saturated rings. The first-order valence-corrected chi connectivity index (χ1v) is 5.78. The van der Waals surface area contributed by atoms with E-state index in [-0.39, 0.29) is 0 Å². The average Bonchev–Trinajstić information content (AvgIpc) is 3.01. The Morgan fingerprint density at radius 3 is 2.67 bits per heavy atom. The SMILES string of the molecule is CCc1ccc(CC(C)(O)C2CC2)nc1. The molecule has 1 unspecified atom stereocenters. The number of hydrogen-bond acceptors (Lipinski definition) is 2. The van der Waals surface area contributed by atoms with Crippen molar-refractivity contribution in [1.29, 1.82) is 0 Å². The van der Waals surface area contributed by atoms with Gasteiger partial charge >= 0.3 is 0 Å². The summed E-state index contributed by atoms with van der Waals surface area (Å²) in [6.07, 6.45) is 5.95. The lowest BCUT2D eigenvalue weighted by Crippen LogP contribution is -2.30. The topological polar surface area (TPSA) is 33.1 Å². The minimum absolute atomic E-state index is 0.491. The van der Waals surface area contributed by atoms with Gasteiger partial charge in [-0.2, -0.15) is 0 Å². The number of aromatic nitrogens is 1. The van der Waals surface area contributed by atoms with Crippen LogP contribution in [0.1, 0.15) is 37.9 Å². The van der Waals surface area contributed by atoms with E-state index in [4.69, 9.17) is 0 Å². The monoisotopic (exact) mass is 205 g/mol. The number of rotatable bonds is 4. The summed E-state index contributed by atoms with van der Waals surface area (Å²) >= 11 is 0. The van der Waals surface area contributed by atoms with Gasteiger partial charge in [0.15, 0.2) is 0 Å². The van der Waals surface area contributed by atoms with Gasteiger partial charge in [0.2, 0.25) is 0 Å². The highest BCUT2D eigenvalue weighted by molar-refractivity contribution is 5.16. The largest absolute Gasteiger partial charge is 0.389 e. The van der Waals surface area contributed by atoms with Crippen LogP contribution in [0.15, 0.2) is 18.3 Å². The summed E-state index contributed by atoms with van der Waals surface area (Å²) in [6.45, 7) is 4.05.